The molecule has 332 valence electrons. The van der Waals surface area contributed by atoms with Crippen molar-refractivity contribution in [3.05, 3.63) is 135 Å². The number of alkyl halides is 2. The summed E-state index contributed by atoms with van der Waals surface area (Å²) in [6, 6.07) is 16.7. The molecule has 4 aromatic rings. The van der Waals surface area contributed by atoms with Crippen LogP contribution in [0.2, 0.25) is 40.2 Å². The Hall–Kier alpha value is -3.92. The fourth-order valence-electron chi connectivity index (χ4n) is 5.02. The zero-order chi connectivity index (χ0) is 46.3. The number of carbonyl (C=O) groups is 5. The number of benzene rings is 4. The number of esters is 4. The van der Waals surface area contributed by atoms with E-state index in [1.165, 1.54) is 93.8 Å². The second-order valence-electron chi connectivity index (χ2n) is 12.9. The number of ether oxygens (including phenoxy) is 4. The van der Waals surface area contributed by atoms with Gasteiger partial charge in [0.1, 0.15) is 19.3 Å². The molecule has 21 heteroatoms. The van der Waals surface area contributed by atoms with Crippen LogP contribution in [0, 0.1) is 11.8 Å². The smallest absolute Gasteiger partial charge is 0.340 e. The number of carbonyl (C=O) groups excluding carboxylic acids is 5. The number of nitrogens with zero attached hydrogens (tertiary/aromatic N) is 1. The molecule has 0 saturated heterocycles. The summed E-state index contributed by atoms with van der Waals surface area (Å²) >= 11 is 47.2. The summed E-state index contributed by atoms with van der Waals surface area (Å²) in [6.45, 7) is 2.35. The Morgan fingerprint density at radius 2 is 0.855 bits per heavy atom. The van der Waals surface area contributed by atoms with E-state index in [4.69, 9.17) is 112 Å². The van der Waals surface area contributed by atoms with Crippen molar-refractivity contribution in [2.45, 2.75) is 38.4 Å². The molecule has 0 radical (unpaired) electrons. The minimum Gasteiger partial charge on any atom is -0.462 e. The number of aldehydes is 1. The van der Waals surface area contributed by atoms with Crippen LogP contribution in [-0.4, -0.2) is 81.3 Å². The molecule has 0 aliphatic heterocycles. The standard InChI is InChI=1S/C21H18Cl4FNO5.C20H15Cl4FO5/c1-11(10-31-20(28)14-5-3-12(22)7-16(14)24)19(18(26)9-27-30-2)32-21(29)15-6-4-13(23)8-17(15)25;1-10(9-29-19(27)13-4-2-11(21)6-15(13)23)18(17(25)8-26)30-20(28)14-5-3-12(22)7-16(14)24/h3-9,11,18-19H,10H2,1-2H3;2-8,10,17-18H,9H2,1H3/t11-,18+,19+;10-,17+,18+/m00/s1. The van der Waals surface area contributed by atoms with E-state index in [9.17, 15) is 32.8 Å². The van der Waals surface area contributed by atoms with Crippen LogP contribution in [0.15, 0.2) is 78.0 Å². The summed E-state index contributed by atoms with van der Waals surface area (Å²) in [7, 11) is 1.23. The summed E-state index contributed by atoms with van der Waals surface area (Å²) in [5.74, 6) is -5.01. The van der Waals surface area contributed by atoms with Crippen LogP contribution in [0.1, 0.15) is 55.3 Å². The predicted molar refractivity (Wildman–Crippen MR) is 235 cm³/mol. The third-order valence-electron chi connectivity index (χ3n) is 8.23. The molecule has 0 aliphatic carbocycles. The van der Waals surface area contributed by atoms with E-state index in [0.29, 0.717) is 20.1 Å². The molecule has 0 unspecified atom stereocenters. The lowest BCUT2D eigenvalue weighted by Gasteiger charge is -2.25. The van der Waals surface area contributed by atoms with Gasteiger partial charge in [0.15, 0.2) is 18.6 Å². The highest BCUT2D eigenvalue weighted by Gasteiger charge is 2.34. The van der Waals surface area contributed by atoms with Crippen molar-refractivity contribution >= 4 is 129 Å². The molecule has 4 aromatic carbocycles. The zero-order valence-corrected chi connectivity index (χ0v) is 38.3. The normalized spacial score (nSPS) is 13.9. The minimum absolute atomic E-state index is 0.00391. The molecule has 0 aromatic heterocycles. The van der Waals surface area contributed by atoms with Gasteiger partial charge in [-0.15, -0.1) is 0 Å². The summed E-state index contributed by atoms with van der Waals surface area (Å²) in [5, 5.41) is 4.91. The van der Waals surface area contributed by atoms with Crippen LogP contribution in [0.5, 0.6) is 0 Å². The predicted octanol–water partition coefficient (Wildman–Crippen LogP) is 12.1. The zero-order valence-electron chi connectivity index (χ0n) is 32.3. The first-order valence-corrected chi connectivity index (χ1v) is 20.7. The highest BCUT2D eigenvalue weighted by atomic mass is 35.5. The summed E-state index contributed by atoms with van der Waals surface area (Å²) < 4.78 is 49.8. The number of hydrogen-bond donors (Lipinski definition) is 0. The molecule has 0 spiro atoms. The highest BCUT2D eigenvalue weighted by Crippen LogP contribution is 2.28. The van der Waals surface area contributed by atoms with Gasteiger partial charge in [-0.3, -0.25) is 4.79 Å². The average Bonchev–Trinajstić information content (AvgIpc) is 3.21. The third kappa shape index (κ3) is 15.7. The lowest BCUT2D eigenvalue weighted by atomic mass is 10.0. The summed E-state index contributed by atoms with van der Waals surface area (Å²) in [4.78, 5) is 65.0. The van der Waals surface area contributed by atoms with Crippen molar-refractivity contribution in [3.63, 3.8) is 0 Å². The van der Waals surface area contributed by atoms with Crippen molar-refractivity contribution < 1.29 is 56.5 Å². The number of rotatable bonds is 17. The molecule has 0 amide bonds. The van der Waals surface area contributed by atoms with Gasteiger partial charge in [-0.25, -0.2) is 28.0 Å². The van der Waals surface area contributed by atoms with Gasteiger partial charge < -0.3 is 23.8 Å². The first-order chi connectivity index (χ1) is 29.3. The van der Waals surface area contributed by atoms with Crippen molar-refractivity contribution in [2.75, 3.05) is 20.3 Å². The molecule has 6 atom stereocenters. The maximum atomic E-state index is 14.8. The number of oxime groups is 1. The molecule has 0 aliphatic rings. The first kappa shape index (κ1) is 52.4. The molecular formula is C41H33Cl8F2NO10. The maximum Gasteiger partial charge on any atom is 0.340 e. The van der Waals surface area contributed by atoms with Crippen molar-refractivity contribution in [3.8, 4) is 0 Å². The van der Waals surface area contributed by atoms with Crippen molar-refractivity contribution in [2.24, 2.45) is 17.0 Å². The van der Waals surface area contributed by atoms with E-state index in [-0.39, 0.29) is 61.8 Å². The van der Waals surface area contributed by atoms with E-state index in [1.807, 2.05) is 0 Å². The van der Waals surface area contributed by atoms with Gasteiger partial charge >= 0.3 is 23.9 Å². The molecule has 62 heavy (non-hydrogen) atoms. The highest BCUT2D eigenvalue weighted by molar-refractivity contribution is 6.38. The quantitative estimate of drug-likeness (QED) is 0.0329. The van der Waals surface area contributed by atoms with Gasteiger partial charge in [0.2, 0.25) is 0 Å². The Balaban J connectivity index is 0.000000331. The van der Waals surface area contributed by atoms with Crippen LogP contribution in [-0.2, 0) is 28.6 Å². The maximum absolute atomic E-state index is 14.8. The van der Waals surface area contributed by atoms with Crippen LogP contribution in [0.25, 0.3) is 0 Å². The van der Waals surface area contributed by atoms with Crippen LogP contribution in [0.4, 0.5) is 8.78 Å². The Kier molecular flexibility index (Phi) is 21.5. The van der Waals surface area contributed by atoms with Gasteiger partial charge in [-0.05, 0) is 72.8 Å². The first-order valence-electron chi connectivity index (χ1n) is 17.6. The topological polar surface area (TPSA) is 144 Å². The fraction of sp³-hybridized carbons (Fsp3) is 0.268. The van der Waals surface area contributed by atoms with Gasteiger partial charge in [0.05, 0.1) is 61.8 Å². The number of hydrogen-bond acceptors (Lipinski definition) is 11. The van der Waals surface area contributed by atoms with Gasteiger partial charge in [0.25, 0.3) is 0 Å². The summed E-state index contributed by atoms with van der Waals surface area (Å²) in [6.07, 6.45) is -6.08. The lowest BCUT2D eigenvalue weighted by Crippen LogP contribution is -2.38. The average molecular weight is 1020 g/mol. The molecule has 0 heterocycles. The molecule has 11 nitrogen and oxygen atoms in total. The van der Waals surface area contributed by atoms with Crippen molar-refractivity contribution in [1.82, 2.24) is 0 Å². The van der Waals surface area contributed by atoms with Crippen LogP contribution in [0.3, 0.4) is 0 Å². The van der Waals surface area contributed by atoms with E-state index in [0.717, 1.165) is 6.21 Å². The molecule has 0 fully saturated rings. The fourth-order valence-corrected chi connectivity index (χ4v) is 6.97. The van der Waals surface area contributed by atoms with Crippen LogP contribution >= 0.6 is 92.8 Å². The van der Waals surface area contributed by atoms with Gasteiger partial charge in [-0.1, -0.05) is 112 Å². The van der Waals surface area contributed by atoms with E-state index in [2.05, 4.69) is 9.99 Å². The monoisotopic (exact) mass is 1020 g/mol. The van der Waals surface area contributed by atoms with E-state index >= 15 is 0 Å². The SMILES string of the molecule is CON=C[C@@H](F)[C@H](OC(=O)c1ccc(Cl)cc1Cl)[C@@H](C)COC(=O)c1ccc(Cl)cc1Cl.C[C@@H](COC(=O)c1ccc(Cl)cc1Cl)[C@@H](OC(=O)c1ccc(Cl)cc1Cl)[C@H](F)C=O. The largest absolute Gasteiger partial charge is 0.462 e. The second-order valence-corrected chi connectivity index (χ2v) is 16.2. The third-order valence-corrected chi connectivity index (χ3v) is 10.4. The minimum atomic E-state index is -2.15. The molecule has 0 bridgehead atoms. The Labute approximate surface area is 394 Å². The van der Waals surface area contributed by atoms with Crippen molar-refractivity contribution in [1.29, 1.82) is 0 Å². The molecule has 0 saturated carbocycles. The Morgan fingerprint density at radius 3 is 1.15 bits per heavy atom. The number of halogens is 10. The lowest BCUT2D eigenvalue weighted by molar-refractivity contribution is -0.117. The molecular weight excluding hydrogens is 988 g/mol. The van der Waals surface area contributed by atoms with Crippen LogP contribution < -0.4 is 0 Å². The molecule has 4 rings (SSSR count). The van der Waals surface area contributed by atoms with E-state index in [1.54, 1.807) is 0 Å². The second kappa shape index (κ2) is 25.4. The van der Waals surface area contributed by atoms with E-state index < -0.39 is 60.3 Å². The molecule has 0 N–H and O–H groups in total. The summed E-state index contributed by atoms with van der Waals surface area (Å²) in [5.41, 5.74) is 0.0832. The Morgan fingerprint density at radius 1 is 0.548 bits per heavy atom. The van der Waals surface area contributed by atoms with Gasteiger partial charge in [0, 0.05) is 31.9 Å². The Bertz CT molecular complexity index is 2270. The van der Waals surface area contributed by atoms with Gasteiger partial charge in [-0.2, -0.15) is 0 Å².